The lowest BCUT2D eigenvalue weighted by Gasteiger charge is -2.11. The van der Waals surface area contributed by atoms with Crippen LogP contribution in [0.2, 0.25) is 0 Å². The Hall–Kier alpha value is -2.33. The number of esters is 1. The van der Waals surface area contributed by atoms with Crippen LogP contribution in [0.4, 0.5) is 0 Å². The molecule has 0 spiro atoms. The van der Waals surface area contributed by atoms with Crippen LogP contribution in [0, 0.1) is 11.3 Å². The molecule has 108 valence electrons. The molecule has 0 amide bonds. The van der Waals surface area contributed by atoms with Crippen molar-refractivity contribution in [1.29, 1.82) is 5.26 Å². The van der Waals surface area contributed by atoms with Crippen LogP contribution in [-0.2, 0) is 16.1 Å². The van der Waals surface area contributed by atoms with E-state index in [9.17, 15) is 9.59 Å². The van der Waals surface area contributed by atoms with E-state index < -0.39 is 5.97 Å². The number of hydrogen-bond donors (Lipinski definition) is 0. The van der Waals surface area contributed by atoms with Crippen molar-refractivity contribution in [2.75, 3.05) is 12.9 Å². The quantitative estimate of drug-likeness (QED) is 0.473. The maximum atomic E-state index is 12.5. The molecule has 2 rings (SSSR count). The second kappa shape index (κ2) is 6.90. The van der Waals surface area contributed by atoms with Gasteiger partial charge in [0.25, 0.3) is 5.56 Å². The summed E-state index contributed by atoms with van der Waals surface area (Å²) in [6.45, 7) is 0.178. The van der Waals surface area contributed by atoms with Gasteiger partial charge in [0.15, 0.2) is 5.16 Å². The predicted molar refractivity (Wildman–Crippen MR) is 79.0 cm³/mol. The fourth-order valence-electron chi connectivity index (χ4n) is 1.86. The number of hydrogen-bond acceptors (Lipinski definition) is 6. The molecule has 1 heterocycles. The van der Waals surface area contributed by atoms with Gasteiger partial charge < -0.3 is 4.74 Å². The van der Waals surface area contributed by atoms with Crippen LogP contribution in [0.3, 0.4) is 0 Å². The van der Waals surface area contributed by atoms with Crippen LogP contribution >= 0.6 is 11.8 Å². The molecule has 0 unspecified atom stereocenters. The fourth-order valence-corrected chi connectivity index (χ4v) is 2.54. The molecule has 0 atom stereocenters. The minimum absolute atomic E-state index is 0.0799. The molecule has 1 aromatic carbocycles. The Labute approximate surface area is 125 Å². The highest BCUT2D eigenvalue weighted by Crippen LogP contribution is 2.17. The molecule has 21 heavy (non-hydrogen) atoms. The van der Waals surface area contributed by atoms with Crippen molar-refractivity contribution in [3.05, 3.63) is 34.6 Å². The molecular weight excluding hydrogens is 290 g/mol. The molecule has 0 saturated heterocycles. The molecule has 0 radical (unpaired) electrons. The van der Waals surface area contributed by atoms with E-state index in [1.54, 1.807) is 24.3 Å². The van der Waals surface area contributed by atoms with Gasteiger partial charge in [0.2, 0.25) is 0 Å². The average molecular weight is 303 g/mol. The monoisotopic (exact) mass is 303 g/mol. The first-order valence-electron chi connectivity index (χ1n) is 6.23. The van der Waals surface area contributed by atoms with E-state index in [0.717, 1.165) is 0 Å². The number of aromatic nitrogens is 2. The third-order valence-corrected chi connectivity index (χ3v) is 3.70. The van der Waals surface area contributed by atoms with E-state index in [0.29, 0.717) is 16.1 Å². The molecule has 6 nitrogen and oxygen atoms in total. The van der Waals surface area contributed by atoms with Crippen LogP contribution < -0.4 is 5.56 Å². The second-order valence-corrected chi connectivity index (χ2v) is 5.08. The van der Waals surface area contributed by atoms with E-state index in [1.807, 2.05) is 6.07 Å². The summed E-state index contributed by atoms with van der Waals surface area (Å²) in [4.78, 5) is 28.2. The predicted octanol–water partition coefficient (Wildman–Crippen LogP) is 1.58. The Bertz CT molecular complexity index is 764. The molecule has 0 aliphatic rings. The normalized spacial score (nSPS) is 10.3. The highest BCUT2D eigenvalue weighted by molar-refractivity contribution is 7.99. The van der Waals surface area contributed by atoms with Crippen molar-refractivity contribution in [3.8, 4) is 6.07 Å². The maximum Gasteiger partial charge on any atom is 0.307 e. The highest BCUT2D eigenvalue weighted by Gasteiger charge is 2.12. The maximum absolute atomic E-state index is 12.5. The van der Waals surface area contributed by atoms with Gasteiger partial charge in [-0.2, -0.15) is 5.26 Å². The number of methoxy groups -OCH3 is 1. The Morgan fingerprint density at radius 1 is 1.48 bits per heavy atom. The smallest absolute Gasteiger partial charge is 0.307 e. The summed E-state index contributed by atoms with van der Waals surface area (Å²) >= 11 is 1.17. The number of ether oxygens (including phenoxy) is 1. The number of carbonyl (C=O) groups excluding carboxylic acids is 1. The SMILES string of the molecule is COC(=O)CCn1c(SCC#N)nc2ccccc2c1=O. The molecule has 7 heteroatoms. The number of benzene rings is 1. The Morgan fingerprint density at radius 2 is 2.24 bits per heavy atom. The zero-order valence-corrected chi connectivity index (χ0v) is 12.2. The summed E-state index contributed by atoms with van der Waals surface area (Å²) in [7, 11) is 1.30. The van der Waals surface area contributed by atoms with Gasteiger partial charge in [-0.15, -0.1) is 0 Å². The zero-order chi connectivity index (χ0) is 15.2. The number of nitriles is 1. The summed E-state index contributed by atoms with van der Waals surface area (Å²) in [5.41, 5.74) is 0.363. The lowest BCUT2D eigenvalue weighted by molar-refractivity contribution is -0.140. The summed E-state index contributed by atoms with van der Waals surface area (Å²) in [6.07, 6.45) is 0.0799. The molecule has 1 aromatic heterocycles. The summed E-state index contributed by atoms with van der Waals surface area (Å²) in [5, 5.41) is 9.62. The van der Waals surface area contributed by atoms with E-state index in [2.05, 4.69) is 9.72 Å². The first kappa shape index (κ1) is 15.1. The summed E-state index contributed by atoms with van der Waals surface area (Å²) in [6, 6.07) is 9.00. The molecular formula is C14H13N3O3S. The number of carbonyl (C=O) groups is 1. The number of para-hydroxylation sites is 1. The largest absolute Gasteiger partial charge is 0.469 e. The van der Waals surface area contributed by atoms with Crippen LogP contribution in [-0.4, -0.2) is 28.4 Å². The van der Waals surface area contributed by atoms with Crippen molar-refractivity contribution in [2.45, 2.75) is 18.1 Å². The van der Waals surface area contributed by atoms with Gasteiger partial charge >= 0.3 is 5.97 Å². The van der Waals surface area contributed by atoms with Crippen LogP contribution in [0.15, 0.2) is 34.2 Å². The van der Waals surface area contributed by atoms with Gasteiger partial charge in [-0.25, -0.2) is 4.98 Å². The van der Waals surface area contributed by atoms with Gasteiger partial charge in [-0.1, -0.05) is 23.9 Å². The van der Waals surface area contributed by atoms with E-state index in [1.165, 1.54) is 23.4 Å². The number of rotatable bonds is 5. The molecule has 0 fully saturated rings. The van der Waals surface area contributed by atoms with Gasteiger partial charge in [-0.3, -0.25) is 14.2 Å². The molecule has 0 bridgehead atoms. The minimum Gasteiger partial charge on any atom is -0.469 e. The topological polar surface area (TPSA) is 85.0 Å². The van der Waals surface area contributed by atoms with Crippen molar-refractivity contribution < 1.29 is 9.53 Å². The van der Waals surface area contributed by atoms with E-state index in [4.69, 9.17) is 5.26 Å². The lowest BCUT2D eigenvalue weighted by Crippen LogP contribution is -2.25. The fraction of sp³-hybridized carbons (Fsp3) is 0.286. The molecule has 0 N–H and O–H groups in total. The number of nitrogens with zero attached hydrogens (tertiary/aromatic N) is 3. The highest BCUT2D eigenvalue weighted by atomic mass is 32.2. The third kappa shape index (κ3) is 3.41. The van der Waals surface area contributed by atoms with Crippen molar-refractivity contribution >= 4 is 28.6 Å². The zero-order valence-electron chi connectivity index (χ0n) is 11.4. The average Bonchev–Trinajstić information content (AvgIpc) is 2.51. The van der Waals surface area contributed by atoms with Crippen molar-refractivity contribution in [1.82, 2.24) is 9.55 Å². The number of fused-ring (bicyclic) bond motifs is 1. The minimum atomic E-state index is -0.397. The van der Waals surface area contributed by atoms with Gasteiger partial charge in [0.05, 0.1) is 36.3 Å². The molecule has 0 saturated carbocycles. The van der Waals surface area contributed by atoms with E-state index >= 15 is 0 Å². The van der Waals surface area contributed by atoms with Crippen LogP contribution in [0.25, 0.3) is 10.9 Å². The van der Waals surface area contributed by atoms with Gasteiger partial charge in [-0.05, 0) is 12.1 Å². The first-order valence-corrected chi connectivity index (χ1v) is 7.22. The van der Waals surface area contributed by atoms with Crippen molar-refractivity contribution in [3.63, 3.8) is 0 Å². The van der Waals surface area contributed by atoms with Crippen LogP contribution in [0.1, 0.15) is 6.42 Å². The number of thioether (sulfide) groups is 1. The summed E-state index contributed by atoms with van der Waals surface area (Å²) < 4.78 is 6.00. The standard InChI is InChI=1S/C14H13N3O3S/c1-20-12(18)6-8-17-13(19)10-4-2-3-5-11(10)16-14(17)21-9-7-15/h2-5H,6,8-9H2,1H3. The third-order valence-electron chi connectivity index (χ3n) is 2.86. The first-order chi connectivity index (χ1) is 10.2. The lowest BCUT2D eigenvalue weighted by atomic mass is 10.2. The van der Waals surface area contributed by atoms with Gasteiger partial charge in [0.1, 0.15) is 0 Å². The molecule has 0 aliphatic carbocycles. The Balaban J connectivity index is 2.48. The summed E-state index contributed by atoms with van der Waals surface area (Å²) in [5.74, 6) is -0.213. The molecule has 2 aromatic rings. The van der Waals surface area contributed by atoms with E-state index in [-0.39, 0.29) is 24.3 Å². The van der Waals surface area contributed by atoms with Crippen LogP contribution in [0.5, 0.6) is 0 Å². The van der Waals surface area contributed by atoms with Gasteiger partial charge in [0, 0.05) is 6.54 Å². The Morgan fingerprint density at radius 3 is 2.95 bits per heavy atom. The second-order valence-electron chi connectivity index (χ2n) is 4.14. The Kier molecular flexibility index (Phi) is 4.95. The molecule has 0 aliphatic heterocycles. The van der Waals surface area contributed by atoms with Crippen molar-refractivity contribution in [2.24, 2.45) is 0 Å².